The monoisotopic (exact) mass is 327 g/mol. The van der Waals surface area contributed by atoms with Crippen LogP contribution in [0.5, 0.6) is 11.5 Å². The normalized spacial score (nSPS) is 17.1. The van der Waals surface area contributed by atoms with Gasteiger partial charge in [-0.3, -0.25) is 0 Å². The van der Waals surface area contributed by atoms with Crippen molar-refractivity contribution >= 4 is 17.3 Å². The molecule has 0 saturated carbocycles. The van der Waals surface area contributed by atoms with E-state index >= 15 is 0 Å². The van der Waals surface area contributed by atoms with E-state index in [4.69, 9.17) is 9.47 Å². The van der Waals surface area contributed by atoms with Crippen molar-refractivity contribution in [3.8, 4) is 11.5 Å². The van der Waals surface area contributed by atoms with E-state index in [1.807, 2.05) is 24.3 Å². The van der Waals surface area contributed by atoms with Gasteiger partial charge in [0.15, 0.2) is 11.5 Å². The minimum atomic E-state index is 0.278. The molecule has 1 fully saturated rings. The lowest BCUT2D eigenvalue weighted by Gasteiger charge is -2.34. The number of rotatable bonds is 4. The van der Waals surface area contributed by atoms with E-state index in [0.29, 0.717) is 0 Å². The molecule has 1 aromatic carbocycles. The Morgan fingerprint density at radius 3 is 2.71 bits per heavy atom. The van der Waals surface area contributed by atoms with Crippen LogP contribution in [0.25, 0.3) is 0 Å². The fourth-order valence-corrected chi connectivity index (χ4v) is 3.00. The number of nitrogens with zero attached hydrogens (tertiary/aromatic N) is 4. The number of hydrogen-bond acceptors (Lipinski definition) is 7. The molecule has 3 heterocycles. The van der Waals surface area contributed by atoms with Crippen LogP contribution >= 0.6 is 0 Å². The van der Waals surface area contributed by atoms with Gasteiger partial charge in [0.05, 0.1) is 0 Å². The lowest BCUT2D eigenvalue weighted by Crippen LogP contribution is -2.46. The quantitative estimate of drug-likeness (QED) is 0.922. The molecular weight excluding hydrogens is 306 g/mol. The minimum absolute atomic E-state index is 0.278. The van der Waals surface area contributed by atoms with Gasteiger partial charge in [0.25, 0.3) is 0 Å². The lowest BCUT2D eigenvalue weighted by atomic mass is 10.2. The largest absolute Gasteiger partial charge is 0.454 e. The first kappa shape index (κ1) is 15.0. The molecule has 126 valence electrons. The Bertz CT molecular complexity index is 716. The van der Waals surface area contributed by atoms with Crippen molar-refractivity contribution in [2.45, 2.75) is 6.92 Å². The summed E-state index contributed by atoms with van der Waals surface area (Å²) in [4.78, 5) is 13.5. The van der Waals surface area contributed by atoms with Crippen LogP contribution in [0.4, 0.5) is 17.3 Å². The molecule has 0 spiro atoms. The molecule has 2 aliphatic heterocycles. The Hall–Kier alpha value is -2.54. The molecule has 0 aliphatic carbocycles. The fraction of sp³-hybridized carbons (Fsp3) is 0.412. The Morgan fingerprint density at radius 1 is 1.04 bits per heavy atom. The summed E-state index contributed by atoms with van der Waals surface area (Å²) in [5, 5.41) is 3.31. The number of nitrogens with one attached hydrogen (secondary N) is 1. The maximum absolute atomic E-state index is 5.41. The van der Waals surface area contributed by atoms with Crippen LogP contribution < -0.4 is 19.7 Å². The molecule has 4 rings (SSSR count). The zero-order chi connectivity index (χ0) is 16.4. The molecule has 2 aliphatic rings. The molecule has 1 N–H and O–H groups in total. The second-order valence-corrected chi connectivity index (χ2v) is 5.88. The molecule has 0 atom stereocenters. The SMILES string of the molecule is CCN1CCN(c2cc(Nc3ccc4c(c3)OCO4)ncn2)CC1. The molecule has 0 unspecified atom stereocenters. The first-order chi connectivity index (χ1) is 11.8. The van der Waals surface area contributed by atoms with Crippen molar-refractivity contribution in [1.82, 2.24) is 14.9 Å². The van der Waals surface area contributed by atoms with E-state index in [1.165, 1.54) is 0 Å². The van der Waals surface area contributed by atoms with E-state index in [-0.39, 0.29) is 6.79 Å². The first-order valence-corrected chi connectivity index (χ1v) is 8.28. The highest BCUT2D eigenvalue weighted by Gasteiger charge is 2.17. The van der Waals surface area contributed by atoms with Gasteiger partial charge in [-0.05, 0) is 18.7 Å². The molecule has 7 heteroatoms. The predicted octanol–water partition coefficient (Wildman–Crippen LogP) is 2.09. The summed E-state index contributed by atoms with van der Waals surface area (Å²) >= 11 is 0. The summed E-state index contributed by atoms with van der Waals surface area (Å²) in [5.41, 5.74) is 0.916. The Labute approximate surface area is 141 Å². The molecule has 7 nitrogen and oxygen atoms in total. The Morgan fingerprint density at radius 2 is 1.88 bits per heavy atom. The number of piperazine rings is 1. The van der Waals surface area contributed by atoms with Crippen molar-refractivity contribution in [2.24, 2.45) is 0 Å². The number of likely N-dealkylation sites (N-methyl/N-ethyl adjacent to an activating group) is 1. The summed E-state index contributed by atoms with van der Waals surface area (Å²) in [6.07, 6.45) is 1.61. The number of ether oxygens (including phenoxy) is 2. The van der Waals surface area contributed by atoms with Crippen LogP contribution in [0, 0.1) is 0 Å². The topological polar surface area (TPSA) is 62.8 Å². The average molecular weight is 327 g/mol. The predicted molar refractivity (Wildman–Crippen MR) is 92.2 cm³/mol. The number of benzene rings is 1. The third kappa shape index (κ3) is 3.07. The Kier molecular flexibility index (Phi) is 4.08. The van der Waals surface area contributed by atoms with Crippen molar-refractivity contribution in [2.75, 3.05) is 49.7 Å². The van der Waals surface area contributed by atoms with Gasteiger partial charge in [-0.15, -0.1) is 0 Å². The van der Waals surface area contributed by atoms with Crippen LogP contribution in [0.1, 0.15) is 6.92 Å². The van der Waals surface area contributed by atoms with E-state index in [9.17, 15) is 0 Å². The summed E-state index contributed by atoms with van der Waals surface area (Å²) in [7, 11) is 0. The molecule has 1 saturated heterocycles. The van der Waals surface area contributed by atoms with Crippen LogP contribution in [0.15, 0.2) is 30.6 Å². The molecule has 24 heavy (non-hydrogen) atoms. The van der Waals surface area contributed by atoms with Gasteiger partial charge in [-0.1, -0.05) is 6.92 Å². The molecular formula is C17H21N5O2. The number of anilines is 3. The highest BCUT2D eigenvalue weighted by Crippen LogP contribution is 2.35. The first-order valence-electron chi connectivity index (χ1n) is 8.28. The van der Waals surface area contributed by atoms with Crippen LogP contribution in [-0.2, 0) is 0 Å². The van der Waals surface area contributed by atoms with Crippen molar-refractivity contribution in [3.05, 3.63) is 30.6 Å². The second-order valence-electron chi connectivity index (χ2n) is 5.88. The van der Waals surface area contributed by atoms with Gasteiger partial charge in [0.2, 0.25) is 6.79 Å². The van der Waals surface area contributed by atoms with E-state index in [0.717, 1.165) is 61.5 Å². The molecule has 0 radical (unpaired) electrons. The highest BCUT2D eigenvalue weighted by atomic mass is 16.7. The van der Waals surface area contributed by atoms with Crippen molar-refractivity contribution in [3.63, 3.8) is 0 Å². The highest BCUT2D eigenvalue weighted by molar-refractivity contribution is 5.63. The van der Waals surface area contributed by atoms with Crippen LogP contribution in [-0.4, -0.2) is 54.4 Å². The molecule has 0 bridgehead atoms. The number of aromatic nitrogens is 2. The van der Waals surface area contributed by atoms with Gasteiger partial charge in [0.1, 0.15) is 18.0 Å². The standard InChI is InChI=1S/C17H21N5O2/c1-2-21-5-7-22(8-6-21)17-10-16(18-11-19-17)20-13-3-4-14-15(9-13)24-12-23-14/h3-4,9-11H,2,5-8,12H2,1H3,(H,18,19,20). The lowest BCUT2D eigenvalue weighted by molar-refractivity contribution is 0.174. The van der Waals surface area contributed by atoms with Gasteiger partial charge in [0, 0.05) is 44.0 Å². The van der Waals surface area contributed by atoms with E-state index < -0.39 is 0 Å². The minimum Gasteiger partial charge on any atom is -0.454 e. The average Bonchev–Trinajstić information content (AvgIpc) is 3.10. The molecule has 1 aromatic heterocycles. The van der Waals surface area contributed by atoms with E-state index in [1.54, 1.807) is 6.33 Å². The summed E-state index contributed by atoms with van der Waals surface area (Å²) in [6, 6.07) is 7.77. The molecule has 2 aromatic rings. The van der Waals surface area contributed by atoms with Gasteiger partial charge in [-0.25, -0.2) is 9.97 Å². The smallest absolute Gasteiger partial charge is 0.231 e. The second kappa shape index (κ2) is 6.52. The third-order valence-electron chi connectivity index (χ3n) is 4.44. The zero-order valence-electron chi connectivity index (χ0n) is 13.7. The fourth-order valence-electron chi connectivity index (χ4n) is 3.00. The Balaban J connectivity index is 1.47. The number of hydrogen-bond donors (Lipinski definition) is 1. The van der Waals surface area contributed by atoms with Crippen LogP contribution in [0.2, 0.25) is 0 Å². The molecule has 0 amide bonds. The maximum atomic E-state index is 5.41. The summed E-state index contributed by atoms with van der Waals surface area (Å²) in [6.45, 7) is 7.72. The van der Waals surface area contributed by atoms with Crippen molar-refractivity contribution < 1.29 is 9.47 Å². The van der Waals surface area contributed by atoms with Crippen molar-refractivity contribution in [1.29, 1.82) is 0 Å². The summed E-state index contributed by atoms with van der Waals surface area (Å²) in [5.74, 6) is 3.27. The zero-order valence-corrected chi connectivity index (χ0v) is 13.7. The summed E-state index contributed by atoms with van der Waals surface area (Å²) < 4.78 is 10.7. The van der Waals surface area contributed by atoms with Crippen LogP contribution in [0.3, 0.4) is 0 Å². The van der Waals surface area contributed by atoms with Gasteiger partial charge in [-0.2, -0.15) is 0 Å². The van der Waals surface area contributed by atoms with E-state index in [2.05, 4.69) is 32.0 Å². The maximum Gasteiger partial charge on any atom is 0.231 e. The third-order valence-corrected chi connectivity index (χ3v) is 4.44. The number of fused-ring (bicyclic) bond motifs is 1. The van der Waals surface area contributed by atoms with Gasteiger partial charge < -0.3 is 24.6 Å². The van der Waals surface area contributed by atoms with Gasteiger partial charge >= 0.3 is 0 Å².